The van der Waals surface area contributed by atoms with Crippen LogP contribution in [0.1, 0.15) is 29.2 Å². The SMILES string of the molecule is Cc1nc(-c2ncccn2)sc1C(=O)N(CCN(C)C)CC(C)C. The Balaban J connectivity index is 2.24. The molecular formula is C17H25N5OS. The predicted octanol–water partition coefficient (Wildman–Crippen LogP) is 2.57. The monoisotopic (exact) mass is 347 g/mol. The molecule has 0 saturated carbocycles. The average Bonchev–Trinajstić information content (AvgIpc) is 2.93. The maximum absolute atomic E-state index is 13.0. The highest BCUT2D eigenvalue weighted by atomic mass is 32.1. The van der Waals surface area contributed by atoms with Crippen LogP contribution in [0.3, 0.4) is 0 Å². The number of hydrogen-bond donors (Lipinski definition) is 0. The van der Waals surface area contributed by atoms with Crippen LogP contribution in [0.25, 0.3) is 10.8 Å². The number of aryl methyl sites for hydroxylation is 1. The van der Waals surface area contributed by atoms with Gasteiger partial charge in [0, 0.05) is 32.0 Å². The third-order valence-electron chi connectivity index (χ3n) is 3.44. The third kappa shape index (κ3) is 4.82. The molecule has 1 amide bonds. The molecule has 0 spiro atoms. The van der Waals surface area contributed by atoms with Gasteiger partial charge in [0.2, 0.25) is 0 Å². The molecule has 130 valence electrons. The largest absolute Gasteiger partial charge is 0.336 e. The Hall–Kier alpha value is -1.86. The van der Waals surface area contributed by atoms with Crippen LogP contribution in [0.5, 0.6) is 0 Å². The Morgan fingerprint density at radius 1 is 1.21 bits per heavy atom. The number of nitrogens with zero attached hydrogens (tertiary/aromatic N) is 5. The molecule has 0 bridgehead atoms. The molecule has 0 radical (unpaired) electrons. The van der Waals surface area contributed by atoms with Gasteiger partial charge in [-0.2, -0.15) is 0 Å². The molecule has 2 aromatic heterocycles. The standard InChI is InChI=1S/C17H25N5OS/c1-12(2)11-22(10-9-21(4)5)17(23)14-13(3)20-16(24-14)15-18-7-6-8-19-15/h6-8,12H,9-11H2,1-5H3. The van der Waals surface area contributed by atoms with E-state index < -0.39 is 0 Å². The smallest absolute Gasteiger partial charge is 0.265 e. The second-order valence-corrected chi connectivity index (χ2v) is 7.45. The molecule has 6 nitrogen and oxygen atoms in total. The summed E-state index contributed by atoms with van der Waals surface area (Å²) in [6.07, 6.45) is 3.37. The molecule has 24 heavy (non-hydrogen) atoms. The number of hydrogen-bond acceptors (Lipinski definition) is 6. The molecule has 2 aromatic rings. The minimum atomic E-state index is 0.0442. The molecule has 0 aromatic carbocycles. The van der Waals surface area contributed by atoms with Crippen LogP contribution >= 0.6 is 11.3 Å². The normalized spacial score (nSPS) is 11.3. The maximum atomic E-state index is 13.0. The van der Waals surface area contributed by atoms with E-state index in [0.29, 0.717) is 28.2 Å². The van der Waals surface area contributed by atoms with Crippen LogP contribution in [0.4, 0.5) is 0 Å². The van der Waals surface area contributed by atoms with Crippen molar-refractivity contribution in [3.63, 3.8) is 0 Å². The van der Waals surface area contributed by atoms with Crippen molar-refractivity contribution in [2.24, 2.45) is 5.92 Å². The van der Waals surface area contributed by atoms with Crippen LogP contribution in [-0.2, 0) is 0 Å². The van der Waals surface area contributed by atoms with Gasteiger partial charge in [0.25, 0.3) is 5.91 Å². The molecule has 0 aliphatic heterocycles. The molecule has 0 unspecified atom stereocenters. The summed E-state index contributed by atoms with van der Waals surface area (Å²) < 4.78 is 0. The zero-order valence-corrected chi connectivity index (χ0v) is 15.8. The van der Waals surface area contributed by atoms with Crippen molar-refractivity contribution < 1.29 is 4.79 Å². The summed E-state index contributed by atoms with van der Waals surface area (Å²) in [6, 6.07) is 1.77. The maximum Gasteiger partial charge on any atom is 0.265 e. The van der Waals surface area contributed by atoms with Gasteiger partial charge in [-0.1, -0.05) is 13.8 Å². The Labute approximate surface area is 147 Å². The first-order valence-corrected chi connectivity index (χ1v) is 8.89. The summed E-state index contributed by atoms with van der Waals surface area (Å²) >= 11 is 1.37. The fraction of sp³-hybridized carbons (Fsp3) is 0.529. The number of carbonyl (C=O) groups is 1. The van der Waals surface area contributed by atoms with E-state index in [1.54, 1.807) is 18.5 Å². The average molecular weight is 347 g/mol. The summed E-state index contributed by atoms with van der Waals surface area (Å²) in [7, 11) is 4.03. The highest BCUT2D eigenvalue weighted by molar-refractivity contribution is 7.17. The number of thiazole rings is 1. The van der Waals surface area contributed by atoms with Gasteiger partial charge in [0.1, 0.15) is 4.88 Å². The van der Waals surface area contributed by atoms with E-state index in [4.69, 9.17) is 0 Å². The van der Waals surface area contributed by atoms with E-state index in [9.17, 15) is 4.79 Å². The lowest BCUT2D eigenvalue weighted by Crippen LogP contribution is -2.38. The summed E-state index contributed by atoms with van der Waals surface area (Å²) in [4.78, 5) is 30.6. The van der Waals surface area contributed by atoms with Crippen molar-refractivity contribution in [1.29, 1.82) is 0 Å². The summed E-state index contributed by atoms with van der Waals surface area (Å²) in [5.74, 6) is 1.03. The second kappa shape index (κ2) is 8.30. The predicted molar refractivity (Wildman–Crippen MR) is 97.2 cm³/mol. The molecule has 2 heterocycles. The van der Waals surface area contributed by atoms with Crippen molar-refractivity contribution >= 4 is 17.2 Å². The van der Waals surface area contributed by atoms with Crippen LogP contribution in [0.2, 0.25) is 0 Å². The highest BCUT2D eigenvalue weighted by Gasteiger charge is 2.23. The van der Waals surface area contributed by atoms with Gasteiger partial charge in [-0.15, -0.1) is 11.3 Å². The van der Waals surface area contributed by atoms with Gasteiger partial charge >= 0.3 is 0 Å². The third-order valence-corrected chi connectivity index (χ3v) is 4.58. The van der Waals surface area contributed by atoms with Crippen molar-refractivity contribution in [1.82, 2.24) is 24.8 Å². The van der Waals surface area contributed by atoms with Crippen molar-refractivity contribution in [3.05, 3.63) is 29.0 Å². The summed E-state index contributed by atoms with van der Waals surface area (Å²) in [5.41, 5.74) is 0.742. The zero-order chi connectivity index (χ0) is 17.7. The quantitative estimate of drug-likeness (QED) is 0.770. The van der Waals surface area contributed by atoms with Crippen LogP contribution in [0, 0.1) is 12.8 Å². The molecule has 2 rings (SSSR count). The summed E-state index contributed by atoms with van der Waals surface area (Å²) in [5, 5.41) is 0.688. The van der Waals surface area contributed by atoms with Gasteiger partial charge < -0.3 is 9.80 Å². The van der Waals surface area contributed by atoms with Gasteiger partial charge in [-0.05, 0) is 33.0 Å². The van der Waals surface area contributed by atoms with Gasteiger partial charge in [-0.3, -0.25) is 4.79 Å². The van der Waals surface area contributed by atoms with Gasteiger partial charge in [0.05, 0.1) is 5.69 Å². The first-order chi connectivity index (χ1) is 11.4. The Morgan fingerprint density at radius 3 is 2.46 bits per heavy atom. The number of amides is 1. The molecular weight excluding hydrogens is 322 g/mol. The van der Waals surface area contributed by atoms with E-state index >= 15 is 0 Å². The zero-order valence-electron chi connectivity index (χ0n) is 15.0. The molecule has 0 aliphatic carbocycles. The second-order valence-electron chi connectivity index (χ2n) is 6.45. The van der Waals surface area contributed by atoms with Crippen LogP contribution < -0.4 is 0 Å². The lowest BCUT2D eigenvalue weighted by molar-refractivity contribution is 0.0728. The lowest BCUT2D eigenvalue weighted by Gasteiger charge is -2.25. The molecule has 0 N–H and O–H groups in total. The van der Waals surface area contributed by atoms with E-state index in [1.165, 1.54) is 11.3 Å². The first kappa shape index (κ1) is 18.5. The van der Waals surface area contributed by atoms with Crippen molar-refractivity contribution in [2.45, 2.75) is 20.8 Å². The topological polar surface area (TPSA) is 62.2 Å². The van der Waals surface area contributed by atoms with Gasteiger partial charge in [0.15, 0.2) is 10.8 Å². The van der Waals surface area contributed by atoms with Crippen molar-refractivity contribution in [3.8, 4) is 10.8 Å². The van der Waals surface area contributed by atoms with Crippen molar-refractivity contribution in [2.75, 3.05) is 33.7 Å². The first-order valence-electron chi connectivity index (χ1n) is 8.07. The molecule has 7 heteroatoms. The molecule has 0 atom stereocenters. The molecule has 0 aliphatic rings. The molecule has 0 fully saturated rings. The van der Waals surface area contributed by atoms with E-state index in [1.807, 2.05) is 25.9 Å². The highest BCUT2D eigenvalue weighted by Crippen LogP contribution is 2.26. The minimum Gasteiger partial charge on any atom is -0.336 e. The van der Waals surface area contributed by atoms with Crippen LogP contribution in [-0.4, -0.2) is 64.4 Å². The summed E-state index contributed by atoms with van der Waals surface area (Å²) in [6.45, 7) is 8.40. The number of carbonyl (C=O) groups excluding carboxylic acids is 1. The number of likely N-dealkylation sites (N-methyl/N-ethyl adjacent to an activating group) is 1. The van der Waals surface area contributed by atoms with E-state index in [-0.39, 0.29) is 5.91 Å². The Kier molecular flexibility index (Phi) is 6.39. The minimum absolute atomic E-state index is 0.0442. The number of aromatic nitrogens is 3. The van der Waals surface area contributed by atoms with E-state index in [2.05, 4.69) is 33.7 Å². The fourth-order valence-electron chi connectivity index (χ4n) is 2.28. The van der Waals surface area contributed by atoms with Crippen LogP contribution in [0.15, 0.2) is 18.5 Å². The van der Waals surface area contributed by atoms with Gasteiger partial charge in [-0.25, -0.2) is 15.0 Å². The Bertz CT molecular complexity index is 669. The fourth-order valence-corrected chi connectivity index (χ4v) is 3.26. The molecule has 0 saturated heterocycles. The lowest BCUT2D eigenvalue weighted by atomic mass is 10.2. The Morgan fingerprint density at radius 2 is 1.88 bits per heavy atom. The van der Waals surface area contributed by atoms with E-state index in [0.717, 1.165) is 18.8 Å². The number of rotatable bonds is 7.